The van der Waals surface area contributed by atoms with Crippen LogP contribution in [0, 0.1) is 3.57 Å². The van der Waals surface area contributed by atoms with Crippen LogP contribution >= 0.6 is 35.0 Å². The quantitative estimate of drug-likeness (QED) is 0.631. The second-order valence-electron chi connectivity index (χ2n) is 5.37. The van der Waals surface area contributed by atoms with E-state index in [0.29, 0.717) is 18.2 Å². The number of nitrogens with two attached hydrogens (primary N) is 1. The van der Waals surface area contributed by atoms with Crippen molar-refractivity contribution < 1.29 is 4.79 Å². The van der Waals surface area contributed by atoms with Gasteiger partial charge in [-0.1, -0.05) is 38.1 Å². The Morgan fingerprint density at radius 2 is 1.86 bits per heavy atom. The average molecular weight is 434 g/mol. The number of halogens is 2. The fourth-order valence-electron chi connectivity index (χ4n) is 2.04. The zero-order valence-electron chi connectivity index (χ0n) is 12.6. The van der Waals surface area contributed by atoms with Crippen LogP contribution in [0.4, 0.5) is 0 Å². The molecule has 0 aliphatic carbocycles. The van der Waals surface area contributed by atoms with Crippen LogP contribution in [0.25, 0.3) is 0 Å². The van der Waals surface area contributed by atoms with Crippen LogP contribution in [0.1, 0.15) is 47.4 Å². The molecule has 0 aliphatic heterocycles. The summed E-state index contributed by atoms with van der Waals surface area (Å²) in [5.41, 5.74) is 9.00. The first-order chi connectivity index (χ1) is 9.97. The van der Waals surface area contributed by atoms with Gasteiger partial charge in [-0.05, 0) is 45.7 Å². The Labute approximate surface area is 150 Å². The molecule has 0 bridgehead atoms. The molecule has 120 valence electrons. The smallest absolute Gasteiger partial charge is 0.267 e. The summed E-state index contributed by atoms with van der Waals surface area (Å²) in [6.45, 7) is 4.73. The molecule has 2 rings (SSSR count). The van der Waals surface area contributed by atoms with Gasteiger partial charge in [0.2, 0.25) is 0 Å². The van der Waals surface area contributed by atoms with Gasteiger partial charge in [0.1, 0.15) is 5.69 Å². The van der Waals surface area contributed by atoms with Crippen molar-refractivity contribution in [2.24, 2.45) is 5.73 Å². The van der Waals surface area contributed by atoms with Crippen LogP contribution in [0.3, 0.4) is 0 Å². The van der Waals surface area contributed by atoms with Crippen molar-refractivity contribution in [3.63, 3.8) is 0 Å². The van der Waals surface area contributed by atoms with E-state index in [1.807, 2.05) is 12.1 Å². The lowest BCUT2D eigenvalue weighted by atomic mass is 9.99. The van der Waals surface area contributed by atoms with Crippen molar-refractivity contribution >= 4 is 40.9 Å². The second-order valence-corrected chi connectivity index (χ2v) is 6.62. The van der Waals surface area contributed by atoms with Crippen LogP contribution < -0.4 is 11.1 Å². The van der Waals surface area contributed by atoms with Crippen molar-refractivity contribution in [2.75, 3.05) is 6.54 Å². The summed E-state index contributed by atoms with van der Waals surface area (Å²) in [5.74, 6) is 0.373. The molecule has 0 spiro atoms. The zero-order valence-corrected chi connectivity index (χ0v) is 15.6. The molecule has 1 aromatic heterocycles. The van der Waals surface area contributed by atoms with E-state index in [1.165, 1.54) is 5.56 Å². The predicted octanol–water partition coefficient (Wildman–Crippen LogP) is 3.59. The molecule has 0 saturated carbocycles. The van der Waals surface area contributed by atoms with Crippen LogP contribution in [-0.2, 0) is 0 Å². The maximum Gasteiger partial charge on any atom is 0.267 e. The van der Waals surface area contributed by atoms with Crippen molar-refractivity contribution in [1.29, 1.82) is 0 Å². The SMILES string of the molecule is CC(C)c1ccc(C(N)CNC(=O)c2cc(I)c[nH]2)cc1.Cl. The highest BCUT2D eigenvalue weighted by atomic mass is 127. The summed E-state index contributed by atoms with van der Waals surface area (Å²) < 4.78 is 1.01. The number of hydrogen-bond donors (Lipinski definition) is 3. The molecule has 22 heavy (non-hydrogen) atoms. The molecule has 1 amide bonds. The Balaban J connectivity index is 0.00000242. The summed E-state index contributed by atoms with van der Waals surface area (Å²) in [4.78, 5) is 14.9. The maximum atomic E-state index is 11.9. The first kappa shape index (κ1) is 19.0. The number of nitrogens with one attached hydrogen (secondary N) is 2. The number of benzene rings is 1. The molecule has 1 unspecified atom stereocenters. The number of carbonyl (C=O) groups is 1. The van der Waals surface area contributed by atoms with Crippen LogP contribution in [0.2, 0.25) is 0 Å². The lowest BCUT2D eigenvalue weighted by molar-refractivity contribution is 0.0947. The van der Waals surface area contributed by atoms with E-state index >= 15 is 0 Å². The lowest BCUT2D eigenvalue weighted by Gasteiger charge is -2.14. The fraction of sp³-hybridized carbons (Fsp3) is 0.312. The highest BCUT2D eigenvalue weighted by Crippen LogP contribution is 2.17. The third kappa shape index (κ3) is 5.00. The molecule has 4 N–H and O–H groups in total. The third-order valence-electron chi connectivity index (χ3n) is 3.41. The summed E-state index contributed by atoms with van der Waals surface area (Å²) in [5, 5.41) is 2.85. The molecule has 2 aromatic rings. The van der Waals surface area contributed by atoms with Gasteiger partial charge in [-0.25, -0.2) is 0 Å². The Morgan fingerprint density at radius 3 is 2.36 bits per heavy atom. The average Bonchev–Trinajstić information content (AvgIpc) is 2.91. The van der Waals surface area contributed by atoms with Crippen molar-refractivity contribution in [3.8, 4) is 0 Å². The minimum Gasteiger partial charge on any atom is -0.356 e. The first-order valence-electron chi connectivity index (χ1n) is 6.95. The summed E-state index contributed by atoms with van der Waals surface area (Å²) in [7, 11) is 0. The minimum atomic E-state index is -0.204. The minimum absolute atomic E-state index is 0. The molecule has 1 atom stereocenters. The number of amides is 1. The number of aromatic amines is 1. The third-order valence-corrected chi connectivity index (χ3v) is 4.03. The van der Waals surface area contributed by atoms with Gasteiger partial charge in [0.15, 0.2) is 0 Å². The summed E-state index contributed by atoms with van der Waals surface area (Å²) >= 11 is 2.16. The van der Waals surface area contributed by atoms with Gasteiger partial charge in [0.25, 0.3) is 5.91 Å². The molecule has 1 heterocycles. The number of aromatic nitrogens is 1. The summed E-state index contributed by atoms with van der Waals surface area (Å²) in [6.07, 6.45) is 1.79. The Bertz CT molecular complexity index is 610. The molecule has 0 aliphatic rings. The predicted molar refractivity (Wildman–Crippen MR) is 101 cm³/mol. The standard InChI is InChI=1S/C16H20IN3O.ClH/c1-10(2)11-3-5-12(6-4-11)14(18)9-20-16(21)15-7-13(17)8-19-15;/h3-8,10,14,19H,9,18H2,1-2H3,(H,20,21);1H. The first-order valence-corrected chi connectivity index (χ1v) is 8.03. The van der Waals surface area contributed by atoms with Crippen molar-refractivity contribution in [2.45, 2.75) is 25.8 Å². The lowest BCUT2D eigenvalue weighted by Crippen LogP contribution is -2.32. The largest absolute Gasteiger partial charge is 0.356 e. The van der Waals surface area contributed by atoms with Gasteiger partial charge in [-0.2, -0.15) is 0 Å². The summed E-state index contributed by atoms with van der Waals surface area (Å²) in [6, 6.07) is 9.85. The van der Waals surface area contributed by atoms with Gasteiger partial charge in [-0.3, -0.25) is 4.79 Å². The van der Waals surface area contributed by atoms with Gasteiger partial charge < -0.3 is 16.0 Å². The zero-order chi connectivity index (χ0) is 15.4. The van der Waals surface area contributed by atoms with E-state index in [1.54, 1.807) is 12.3 Å². The molecular formula is C16H21ClIN3O. The van der Waals surface area contributed by atoms with E-state index in [-0.39, 0.29) is 24.4 Å². The molecule has 6 heteroatoms. The number of H-pyrrole nitrogens is 1. The van der Waals surface area contributed by atoms with E-state index in [2.05, 4.69) is 58.9 Å². The Morgan fingerprint density at radius 1 is 1.27 bits per heavy atom. The molecule has 0 fully saturated rings. The normalized spacial score (nSPS) is 11.9. The van der Waals surface area contributed by atoms with E-state index in [4.69, 9.17) is 5.73 Å². The Hall–Kier alpha value is -1.05. The van der Waals surface area contributed by atoms with Crippen LogP contribution in [-0.4, -0.2) is 17.4 Å². The molecule has 0 radical (unpaired) electrons. The number of hydrogen-bond acceptors (Lipinski definition) is 2. The second kappa shape index (κ2) is 8.55. The highest BCUT2D eigenvalue weighted by molar-refractivity contribution is 14.1. The highest BCUT2D eigenvalue weighted by Gasteiger charge is 2.11. The molecule has 0 saturated heterocycles. The fourth-order valence-corrected chi connectivity index (χ4v) is 2.51. The van der Waals surface area contributed by atoms with Crippen molar-refractivity contribution in [1.82, 2.24) is 10.3 Å². The van der Waals surface area contributed by atoms with E-state index in [9.17, 15) is 4.79 Å². The van der Waals surface area contributed by atoms with Crippen LogP contribution in [0.5, 0.6) is 0 Å². The van der Waals surface area contributed by atoms with E-state index < -0.39 is 0 Å². The Kier molecular flexibility index (Phi) is 7.38. The maximum absolute atomic E-state index is 11.9. The van der Waals surface area contributed by atoms with Crippen molar-refractivity contribution in [3.05, 3.63) is 56.9 Å². The molecule has 1 aromatic carbocycles. The van der Waals surface area contributed by atoms with Gasteiger partial charge in [-0.15, -0.1) is 12.4 Å². The van der Waals surface area contributed by atoms with Gasteiger partial charge in [0.05, 0.1) is 0 Å². The van der Waals surface area contributed by atoms with Gasteiger partial charge in [0, 0.05) is 22.4 Å². The van der Waals surface area contributed by atoms with Gasteiger partial charge >= 0.3 is 0 Å². The van der Waals surface area contributed by atoms with E-state index in [0.717, 1.165) is 9.13 Å². The molecular weight excluding hydrogens is 413 g/mol. The van der Waals surface area contributed by atoms with Crippen LogP contribution in [0.15, 0.2) is 36.5 Å². The molecule has 4 nitrogen and oxygen atoms in total. The monoisotopic (exact) mass is 433 g/mol. The number of rotatable bonds is 5. The number of carbonyl (C=O) groups excluding carboxylic acids is 1. The topological polar surface area (TPSA) is 70.9 Å².